The molecule has 1 N–H and O–H groups in total. The number of fused-ring (bicyclic) bond motifs is 1. The van der Waals surface area contributed by atoms with Crippen molar-refractivity contribution in [1.82, 2.24) is 14.9 Å². The van der Waals surface area contributed by atoms with Gasteiger partial charge in [-0.15, -0.1) is 0 Å². The average Bonchev–Trinajstić information content (AvgIpc) is 3.44. The van der Waals surface area contributed by atoms with Crippen LogP contribution in [-0.2, 0) is 13.0 Å². The molecule has 1 fully saturated rings. The minimum Gasteiger partial charge on any atom is -0.352 e. The molecule has 1 aromatic heterocycles. The molecule has 0 saturated carbocycles. The van der Waals surface area contributed by atoms with Gasteiger partial charge in [0.15, 0.2) is 0 Å². The Morgan fingerprint density at radius 1 is 0.886 bits per heavy atom. The molecule has 4 aromatic rings. The van der Waals surface area contributed by atoms with Gasteiger partial charge in [0.25, 0.3) is 11.5 Å². The van der Waals surface area contributed by atoms with Gasteiger partial charge in [-0.1, -0.05) is 60.7 Å². The lowest BCUT2D eigenvalue weighted by molar-refractivity contribution is 0.0953. The van der Waals surface area contributed by atoms with Gasteiger partial charge < -0.3 is 10.2 Å². The minimum absolute atomic E-state index is 0.0735. The van der Waals surface area contributed by atoms with Crippen molar-refractivity contribution in [2.24, 2.45) is 0 Å². The van der Waals surface area contributed by atoms with Gasteiger partial charge in [0, 0.05) is 25.2 Å². The van der Waals surface area contributed by atoms with E-state index < -0.39 is 0 Å². The van der Waals surface area contributed by atoms with Crippen LogP contribution >= 0.6 is 0 Å². The van der Waals surface area contributed by atoms with E-state index in [1.54, 1.807) is 22.8 Å². The molecule has 5 rings (SSSR count). The molecular weight excluding hydrogens is 436 g/mol. The molecular formula is C29H30N4O2. The van der Waals surface area contributed by atoms with Gasteiger partial charge in [-0.2, -0.15) is 0 Å². The van der Waals surface area contributed by atoms with Gasteiger partial charge in [0.2, 0.25) is 5.95 Å². The average molecular weight is 467 g/mol. The van der Waals surface area contributed by atoms with Gasteiger partial charge in [-0.05, 0) is 55.0 Å². The summed E-state index contributed by atoms with van der Waals surface area (Å²) in [6.45, 7) is 2.83. The second-order valence-electron chi connectivity index (χ2n) is 9.06. The number of nitrogens with one attached hydrogen (secondary N) is 1. The highest BCUT2D eigenvalue weighted by molar-refractivity contribution is 5.97. The lowest BCUT2D eigenvalue weighted by atomic mass is 10.1. The lowest BCUT2D eigenvalue weighted by Gasteiger charge is -2.22. The van der Waals surface area contributed by atoms with Crippen LogP contribution in [0.3, 0.4) is 0 Å². The van der Waals surface area contributed by atoms with Gasteiger partial charge in [0.05, 0.1) is 17.4 Å². The van der Waals surface area contributed by atoms with E-state index in [9.17, 15) is 9.59 Å². The topological polar surface area (TPSA) is 67.2 Å². The van der Waals surface area contributed by atoms with Gasteiger partial charge >= 0.3 is 0 Å². The fourth-order valence-electron chi connectivity index (χ4n) is 4.66. The predicted octanol–water partition coefficient (Wildman–Crippen LogP) is 4.41. The molecule has 6 nitrogen and oxygen atoms in total. The molecule has 2 heterocycles. The SMILES string of the molecule is O=C(NCCCc1ccccc1)c1ccc2c(=O)n(Cc3ccccc3)c(N3CCCC3)nc2c1. The Morgan fingerprint density at radius 3 is 2.29 bits per heavy atom. The summed E-state index contributed by atoms with van der Waals surface area (Å²) in [5, 5.41) is 3.53. The standard InChI is InChI=1S/C29H30N4O2/c34-27(30-17-9-14-22-10-3-1-4-11-22)24-15-16-25-26(20-24)31-29(32-18-7-8-19-32)33(28(25)35)21-23-12-5-2-6-13-23/h1-6,10-13,15-16,20H,7-9,14,17-19,21H2,(H,30,34). The largest absolute Gasteiger partial charge is 0.352 e. The van der Waals surface area contributed by atoms with E-state index in [1.807, 2.05) is 48.5 Å². The summed E-state index contributed by atoms with van der Waals surface area (Å²) < 4.78 is 1.77. The Labute approximate surface area is 205 Å². The number of hydrogen-bond acceptors (Lipinski definition) is 4. The summed E-state index contributed by atoms with van der Waals surface area (Å²) in [7, 11) is 0. The third kappa shape index (κ3) is 5.27. The highest BCUT2D eigenvalue weighted by Gasteiger charge is 2.21. The summed E-state index contributed by atoms with van der Waals surface area (Å²) in [6.07, 6.45) is 3.96. The van der Waals surface area contributed by atoms with Gasteiger partial charge in [-0.25, -0.2) is 4.98 Å². The second-order valence-corrected chi connectivity index (χ2v) is 9.06. The van der Waals surface area contributed by atoms with E-state index in [0.29, 0.717) is 35.5 Å². The Hall–Kier alpha value is -3.93. The van der Waals surface area contributed by atoms with Crippen LogP contribution in [0.4, 0.5) is 5.95 Å². The molecule has 178 valence electrons. The fraction of sp³-hybridized carbons (Fsp3) is 0.276. The number of benzene rings is 3. The normalized spacial score (nSPS) is 13.3. The Kier molecular flexibility index (Phi) is 6.89. The summed E-state index contributed by atoms with van der Waals surface area (Å²) in [5.41, 5.74) is 3.34. The van der Waals surface area contributed by atoms with Crippen LogP contribution in [0.1, 0.15) is 40.7 Å². The van der Waals surface area contributed by atoms with Crippen LogP contribution in [0.5, 0.6) is 0 Å². The van der Waals surface area contributed by atoms with Crippen molar-refractivity contribution < 1.29 is 4.79 Å². The van der Waals surface area contributed by atoms with E-state index in [2.05, 4.69) is 22.3 Å². The van der Waals surface area contributed by atoms with E-state index in [1.165, 1.54) is 5.56 Å². The van der Waals surface area contributed by atoms with Crippen LogP contribution in [-0.4, -0.2) is 35.1 Å². The smallest absolute Gasteiger partial charge is 0.263 e. The van der Waals surface area contributed by atoms with Crippen molar-refractivity contribution in [3.8, 4) is 0 Å². The first-order chi connectivity index (χ1) is 17.2. The molecule has 0 aliphatic carbocycles. The second kappa shape index (κ2) is 10.6. The molecule has 1 aliphatic heterocycles. The number of rotatable bonds is 8. The number of aromatic nitrogens is 2. The van der Waals surface area contributed by atoms with Gasteiger partial charge in [0.1, 0.15) is 0 Å². The minimum atomic E-state index is -0.141. The maximum atomic E-state index is 13.5. The molecule has 35 heavy (non-hydrogen) atoms. The van der Waals surface area contributed by atoms with E-state index in [0.717, 1.165) is 44.3 Å². The molecule has 6 heteroatoms. The quantitative estimate of drug-likeness (QED) is 0.391. The van der Waals surface area contributed by atoms with Crippen LogP contribution in [0.15, 0.2) is 83.7 Å². The maximum Gasteiger partial charge on any atom is 0.263 e. The van der Waals surface area contributed by atoms with Crippen molar-refractivity contribution in [3.63, 3.8) is 0 Å². The third-order valence-electron chi connectivity index (χ3n) is 6.54. The van der Waals surface area contributed by atoms with Crippen LogP contribution in [0.25, 0.3) is 10.9 Å². The number of anilines is 1. The number of amides is 1. The van der Waals surface area contributed by atoms with Crippen molar-refractivity contribution in [1.29, 1.82) is 0 Å². The highest BCUT2D eigenvalue weighted by atomic mass is 16.1. The molecule has 0 unspecified atom stereocenters. The van der Waals surface area contributed by atoms with Crippen molar-refractivity contribution >= 4 is 22.8 Å². The molecule has 0 atom stereocenters. The Bertz CT molecular complexity index is 1360. The highest BCUT2D eigenvalue weighted by Crippen LogP contribution is 2.21. The molecule has 0 bridgehead atoms. The van der Waals surface area contributed by atoms with Crippen molar-refractivity contribution in [2.75, 3.05) is 24.5 Å². The molecule has 1 aliphatic rings. The Morgan fingerprint density at radius 2 is 1.57 bits per heavy atom. The summed E-state index contributed by atoms with van der Waals surface area (Å²) in [6, 6.07) is 25.4. The van der Waals surface area contributed by atoms with E-state index in [4.69, 9.17) is 4.98 Å². The number of hydrogen-bond donors (Lipinski definition) is 1. The first-order valence-corrected chi connectivity index (χ1v) is 12.3. The number of nitrogens with zero attached hydrogens (tertiary/aromatic N) is 3. The van der Waals surface area contributed by atoms with E-state index >= 15 is 0 Å². The van der Waals surface area contributed by atoms with Crippen molar-refractivity contribution in [3.05, 3.63) is 106 Å². The maximum absolute atomic E-state index is 13.5. The summed E-state index contributed by atoms with van der Waals surface area (Å²) in [5.74, 6) is 0.544. The third-order valence-corrected chi connectivity index (χ3v) is 6.54. The Balaban J connectivity index is 1.38. The lowest BCUT2D eigenvalue weighted by Crippen LogP contribution is -2.32. The van der Waals surface area contributed by atoms with Crippen molar-refractivity contribution in [2.45, 2.75) is 32.2 Å². The monoisotopic (exact) mass is 466 g/mol. The summed E-state index contributed by atoms with van der Waals surface area (Å²) >= 11 is 0. The van der Waals surface area contributed by atoms with Crippen LogP contribution in [0.2, 0.25) is 0 Å². The first kappa shape index (κ1) is 22.8. The van der Waals surface area contributed by atoms with Gasteiger partial charge in [-0.3, -0.25) is 14.2 Å². The van der Waals surface area contributed by atoms with E-state index in [-0.39, 0.29) is 11.5 Å². The molecule has 3 aromatic carbocycles. The zero-order valence-electron chi connectivity index (χ0n) is 19.8. The fourth-order valence-corrected chi connectivity index (χ4v) is 4.66. The molecule has 0 radical (unpaired) electrons. The first-order valence-electron chi connectivity index (χ1n) is 12.3. The zero-order chi connectivity index (χ0) is 24.0. The van der Waals surface area contributed by atoms with Crippen LogP contribution < -0.4 is 15.8 Å². The molecule has 1 amide bonds. The zero-order valence-corrected chi connectivity index (χ0v) is 19.8. The number of carbonyl (C=O) groups excluding carboxylic acids is 1. The number of carbonyl (C=O) groups is 1. The predicted molar refractivity (Wildman–Crippen MR) is 140 cm³/mol. The molecule has 1 saturated heterocycles. The molecule has 0 spiro atoms. The van der Waals surface area contributed by atoms with Crippen LogP contribution in [0, 0.1) is 0 Å². The number of aryl methyl sites for hydroxylation is 1. The summed E-state index contributed by atoms with van der Waals surface area (Å²) in [4.78, 5) is 33.4.